The molecule has 91 valence electrons. The smallest absolute Gasteiger partial charge is 0.325 e. The van der Waals surface area contributed by atoms with Crippen LogP contribution >= 0.6 is 0 Å². The maximum atomic E-state index is 10.1. The average molecular weight is 273 g/mol. The third kappa shape index (κ3) is 4.82. The van der Waals surface area contributed by atoms with Crippen molar-refractivity contribution in [3.05, 3.63) is 23.8 Å². The van der Waals surface area contributed by atoms with Gasteiger partial charge in [-0.25, -0.2) is 0 Å². The summed E-state index contributed by atoms with van der Waals surface area (Å²) in [6.45, 7) is -0.279. The first-order valence-electron chi connectivity index (χ1n) is 4.30. The van der Waals surface area contributed by atoms with Gasteiger partial charge in [0, 0.05) is 35.8 Å². The minimum Gasteiger partial charge on any atom is -0.508 e. The molecule has 16 heavy (non-hydrogen) atoms. The number of phenols is 2. The Morgan fingerprint density at radius 1 is 1.38 bits per heavy atom. The zero-order chi connectivity index (χ0) is 11.3. The Balaban J connectivity index is 0.00000225. The van der Waals surface area contributed by atoms with E-state index in [0.29, 0.717) is 12.0 Å². The summed E-state index contributed by atoms with van der Waals surface area (Å²) in [6.07, 6.45) is 1.75. The van der Waals surface area contributed by atoms with Gasteiger partial charge in [0.25, 0.3) is 0 Å². The monoisotopic (exact) mass is 272 g/mol. The number of hydrogen-bond acceptors (Lipinski definition) is 4. The van der Waals surface area contributed by atoms with Crippen molar-refractivity contribution in [2.75, 3.05) is 6.54 Å². The van der Waals surface area contributed by atoms with Crippen LogP contribution in [0.25, 0.3) is 0 Å². The summed E-state index contributed by atoms with van der Waals surface area (Å²) in [7, 11) is 0. The van der Waals surface area contributed by atoms with E-state index in [0.717, 1.165) is 0 Å². The summed E-state index contributed by atoms with van der Waals surface area (Å²) in [5.74, 6) is -1.04. The molecule has 0 saturated heterocycles. The van der Waals surface area contributed by atoms with Gasteiger partial charge in [0.2, 0.25) is 0 Å². The summed E-state index contributed by atoms with van der Waals surface area (Å²) in [5, 5.41) is 26.7. The molecule has 3 N–H and O–H groups in total. The number of aliphatic imine (C=N–C) groups is 1. The largest absolute Gasteiger partial charge is 0.508 e. The van der Waals surface area contributed by atoms with Gasteiger partial charge in [-0.1, -0.05) is 6.07 Å². The van der Waals surface area contributed by atoms with Crippen molar-refractivity contribution in [2.45, 2.75) is 6.42 Å². The molecule has 0 spiro atoms. The second-order valence-corrected chi connectivity index (χ2v) is 2.93. The Bertz CT molecular complexity index is 392. The SMILES string of the molecule is O=C(O)CN=CCc1ccc(O)cc1O.[Cu]. The van der Waals surface area contributed by atoms with Gasteiger partial charge in [0.1, 0.15) is 18.0 Å². The molecule has 0 aliphatic heterocycles. The van der Waals surface area contributed by atoms with E-state index in [1.54, 1.807) is 6.07 Å². The van der Waals surface area contributed by atoms with Crippen LogP contribution in [0.15, 0.2) is 23.2 Å². The Morgan fingerprint density at radius 2 is 2.06 bits per heavy atom. The van der Waals surface area contributed by atoms with Gasteiger partial charge in [-0.15, -0.1) is 0 Å². The van der Waals surface area contributed by atoms with Crippen LogP contribution in [-0.2, 0) is 28.3 Å². The minimum absolute atomic E-state index is 0. The summed E-state index contributed by atoms with van der Waals surface area (Å²) in [4.78, 5) is 13.8. The number of nitrogens with zero attached hydrogens (tertiary/aromatic N) is 1. The molecule has 1 rings (SSSR count). The fraction of sp³-hybridized carbons (Fsp3) is 0.200. The number of phenolic OH excluding ortho intramolecular Hbond substituents is 2. The standard InChI is InChI=1S/C10H11NO4.Cu/c12-8-2-1-7(9(13)5-8)3-4-11-6-10(14)15;/h1-2,4-5,12-13H,3,6H2,(H,14,15);. The Hall–Kier alpha value is -1.52. The summed E-state index contributed by atoms with van der Waals surface area (Å²) < 4.78 is 0. The van der Waals surface area contributed by atoms with Crippen LogP contribution in [0.2, 0.25) is 0 Å². The zero-order valence-electron chi connectivity index (χ0n) is 8.22. The van der Waals surface area contributed by atoms with E-state index in [2.05, 4.69) is 4.99 Å². The van der Waals surface area contributed by atoms with Crippen LogP contribution in [0, 0.1) is 0 Å². The van der Waals surface area contributed by atoms with E-state index in [4.69, 9.17) is 10.2 Å². The number of aliphatic carboxylic acids is 1. The normalized spacial score (nSPS) is 10.0. The molecule has 0 saturated carbocycles. The van der Waals surface area contributed by atoms with Crippen molar-refractivity contribution in [1.82, 2.24) is 0 Å². The van der Waals surface area contributed by atoms with Crippen LogP contribution in [0.4, 0.5) is 0 Å². The van der Waals surface area contributed by atoms with E-state index >= 15 is 0 Å². The number of carboxylic acids is 1. The average Bonchev–Trinajstić information content (AvgIpc) is 2.14. The van der Waals surface area contributed by atoms with Crippen LogP contribution in [-0.4, -0.2) is 34.0 Å². The number of benzene rings is 1. The van der Waals surface area contributed by atoms with Gasteiger partial charge in [-0.3, -0.25) is 9.79 Å². The van der Waals surface area contributed by atoms with E-state index in [9.17, 15) is 9.90 Å². The number of carboxylic acid groups (broad SMARTS) is 1. The summed E-state index contributed by atoms with van der Waals surface area (Å²) in [6, 6.07) is 4.22. The topological polar surface area (TPSA) is 90.1 Å². The maximum absolute atomic E-state index is 10.1. The van der Waals surface area contributed by atoms with Crippen molar-refractivity contribution < 1.29 is 37.2 Å². The van der Waals surface area contributed by atoms with Gasteiger partial charge in [-0.2, -0.15) is 0 Å². The van der Waals surface area contributed by atoms with E-state index in [1.807, 2.05) is 0 Å². The molecule has 1 radical (unpaired) electrons. The molecule has 0 fully saturated rings. The van der Waals surface area contributed by atoms with Gasteiger partial charge in [0.05, 0.1) is 0 Å². The van der Waals surface area contributed by atoms with Gasteiger partial charge >= 0.3 is 5.97 Å². The van der Waals surface area contributed by atoms with E-state index in [-0.39, 0.29) is 35.1 Å². The molecule has 1 aromatic carbocycles. The first kappa shape index (κ1) is 14.5. The van der Waals surface area contributed by atoms with Gasteiger partial charge in [0.15, 0.2) is 0 Å². The molecule has 6 heteroatoms. The third-order valence-corrected chi connectivity index (χ3v) is 1.74. The number of carbonyl (C=O) groups is 1. The fourth-order valence-corrected chi connectivity index (χ4v) is 1.03. The number of rotatable bonds is 4. The fourth-order valence-electron chi connectivity index (χ4n) is 1.03. The first-order chi connectivity index (χ1) is 7.09. The molecule has 0 aliphatic rings. The van der Waals surface area contributed by atoms with Crippen LogP contribution in [0.1, 0.15) is 5.56 Å². The van der Waals surface area contributed by atoms with Gasteiger partial charge in [-0.05, 0) is 11.6 Å². The van der Waals surface area contributed by atoms with Crippen LogP contribution in [0.5, 0.6) is 11.5 Å². The van der Waals surface area contributed by atoms with Crippen LogP contribution in [0.3, 0.4) is 0 Å². The van der Waals surface area contributed by atoms with Crippen LogP contribution < -0.4 is 0 Å². The second-order valence-electron chi connectivity index (χ2n) is 2.93. The molecule has 0 bridgehead atoms. The van der Waals surface area contributed by atoms with Gasteiger partial charge < -0.3 is 15.3 Å². The quantitative estimate of drug-likeness (QED) is 0.558. The molecule has 1 aromatic rings. The Morgan fingerprint density at radius 3 is 2.62 bits per heavy atom. The number of hydrogen-bond donors (Lipinski definition) is 3. The van der Waals surface area contributed by atoms with E-state index in [1.165, 1.54) is 18.3 Å². The number of aromatic hydroxyl groups is 2. The molecule has 0 aliphatic carbocycles. The molecular weight excluding hydrogens is 262 g/mol. The van der Waals surface area contributed by atoms with Crippen molar-refractivity contribution in [3.63, 3.8) is 0 Å². The molecule has 0 heterocycles. The summed E-state index contributed by atoms with van der Waals surface area (Å²) in [5.41, 5.74) is 0.585. The Kier molecular flexibility index (Phi) is 6.22. The van der Waals surface area contributed by atoms with Crippen molar-refractivity contribution in [3.8, 4) is 11.5 Å². The molecular formula is C10H11CuNO4. The van der Waals surface area contributed by atoms with E-state index < -0.39 is 5.97 Å². The molecule has 0 atom stereocenters. The second kappa shape index (κ2) is 6.87. The minimum atomic E-state index is -0.999. The predicted molar refractivity (Wildman–Crippen MR) is 54.5 cm³/mol. The third-order valence-electron chi connectivity index (χ3n) is 1.74. The predicted octanol–water partition coefficient (Wildman–Crippen LogP) is 0.793. The first-order valence-corrected chi connectivity index (χ1v) is 4.30. The van der Waals surface area contributed by atoms with Crippen molar-refractivity contribution >= 4 is 12.2 Å². The Labute approximate surface area is 103 Å². The summed E-state index contributed by atoms with van der Waals surface area (Å²) >= 11 is 0. The molecule has 0 aromatic heterocycles. The zero-order valence-corrected chi connectivity index (χ0v) is 9.16. The maximum Gasteiger partial charge on any atom is 0.325 e. The van der Waals surface area contributed by atoms with Crippen molar-refractivity contribution in [1.29, 1.82) is 0 Å². The molecule has 5 nitrogen and oxygen atoms in total. The van der Waals surface area contributed by atoms with Crippen molar-refractivity contribution in [2.24, 2.45) is 4.99 Å². The molecule has 0 unspecified atom stereocenters. The molecule has 0 amide bonds.